The molecule has 2 aromatic rings. The average molecular weight is 272 g/mol. The summed E-state index contributed by atoms with van der Waals surface area (Å²) in [6.45, 7) is 0.263. The van der Waals surface area contributed by atoms with E-state index in [0.29, 0.717) is 10.7 Å². The molecule has 1 unspecified atom stereocenters. The molecule has 2 N–H and O–H groups in total. The van der Waals surface area contributed by atoms with Crippen LogP contribution in [0.5, 0.6) is 0 Å². The second kappa shape index (κ2) is 5.49. The van der Waals surface area contributed by atoms with Gasteiger partial charge in [-0.15, -0.1) is 11.3 Å². The Bertz CT molecular complexity index is 489. The van der Waals surface area contributed by atoms with Gasteiger partial charge in [0.2, 0.25) is 0 Å². The number of thiophene rings is 1. The Morgan fingerprint density at radius 3 is 2.88 bits per heavy atom. The average Bonchev–Trinajstić information content (AvgIpc) is 2.81. The van der Waals surface area contributed by atoms with E-state index in [9.17, 15) is 9.50 Å². The number of aliphatic hydroxyl groups is 1. The van der Waals surface area contributed by atoms with Crippen molar-refractivity contribution in [2.45, 2.75) is 6.10 Å². The van der Waals surface area contributed by atoms with E-state index in [1.165, 1.54) is 17.4 Å². The van der Waals surface area contributed by atoms with E-state index in [4.69, 9.17) is 11.6 Å². The molecule has 0 bridgehead atoms. The maximum Gasteiger partial charge on any atom is 0.147 e. The van der Waals surface area contributed by atoms with Crippen LogP contribution < -0.4 is 5.32 Å². The van der Waals surface area contributed by atoms with Gasteiger partial charge in [-0.05, 0) is 29.6 Å². The molecule has 0 radical (unpaired) electrons. The van der Waals surface area contributed by atoms with Crippen LogP contribution in [0, 0.1) is 5.82 Å². The summed E-state index contributed by atoms with van der Waals surface area (Å²) in [7, 11) is 0. The van der Waals surface area contributed by atoms with Gasteiger partial charge in [-0.1, -0.05) is 17.7 Å². The molecule has 1 atom stereocenters. The molecule has 1 heterocycles. The zero-order valence-corrected chi connectivity index (χ0v) is 10.4. The predicted octanol–water partition coefficient (Wildman–Crippen LogP) is 3.69. The second-order valence-electron chi connectivity index (χ2n) is 3.54. The number of aliphatic hydroxyl groups excluding tert-OH is 1. The van der Waals surface area contributed by atoms with Crippen LogP contribution in [-0.4, -0.2) is 11.7 Å². The fraction of sp³-hybridized carbons (Fsp3) is 0.167. The fourth-order valence-corrected chi connectivity index (χ4v) is 2.29. The summed E-state index contributed by atoms with van der Waals surface area (Å²) in [5, 5.41) is 14.9. The molecule has 0 aliphatic carbocycles. The Morgan fingerprint density at radius 2 is 2.24 bits per heavy atom. The molecule has 90 valence electrons. The van der Waals surface area contributed by atoms with Crippen molar-refractivity contribution in [3.05, 3.63) is 51.4 Å². The summed E-state index contributed by atoms with van der Waals surface area (Å²) in [5.41, 5.74) is 0.338. The highest BCUT2D eigenvalue weighted by Crippen LogP contribution is 2.22. The second-order valence-corrected chi connectivity index (χ2v) is 4.95. The Morgan fingerprint density at radius 1 is 1.41 bits per heavy atom. The summed E-state index contributed by atoms with van der Waals surface area (Å²) in [4.78, 5) is 0.854. The van der Waals surface area contributed by atoms with E-state index in [1.54, 1.807) is 12.1 Å². The topological polar surface area (TPSA) is 32.3 Å². The minimum absolute atomic E-state index is 0.263. The maximum absolute atomic E-state index is 13.4. The SMILES string of the molecule is OC(CNc1ccc(Cl)cc1F)c1cccs1. The zero-order chi connectivity index (χ0) is 12.3. The fourth-order valence-electron chi connectivity index (χ4n) is 1.42. The van der Waals surface area contributed by atoms with Crippen molar-refractivity contribution < 1.29 is 9.50 Å². The third kappa shape index (κ3) is 3.19. The highest BCUT2D eigenvalue weighted by molar-refractivity contribution is 7.10. The number of halogens is 2. The van der Waals surface area contributed by atoms with Gasteiger partial charge < -0.3 is 10.4 Å². The molecule has 1 aromatic carbocycles. The normalized spacial score (nSPS) is 12.4. The van der Waals surface area contributed by atoms with Crippen LogP contribution in [0.1, 0.15) is 11.0 Å². The van der Waals surface area contributed by atoms with Crippen molar-refractivity contribution in [3.63, 3.8) is 0 Å². The predicted molar refractivity (Wildman–Crippen MR) is 69.2 cm³/mol. The molecule has 1 aromatic heterocycles. The minimum Gasteiger partial charge on any atom is -0.386 e. The van der Waals surface area contributed by atoms with Crippen LogP contribution in [0.15, 0.2) is 35.7 Å². The Balaban J connectivity index is 1.98. The first-order valence-electron chi connectivity index (χ1n) is 5.07. The van der Waals surface area contributed by atoms with Crippen molar-refractivity contribution in [3.8, 4) is 0 Å². The number of hydrogen-bond donors (Lipinski definition) is 2. The summed E-state index contributed by atoms with van der Waals surface area (Å²) >= 11 is 7.11. The highest BCUT2D eigenvalue weighted by Gasteiger charge is 2.09. The molecule has 0 aliphatic heterocycles. The van der Waals surface area contributed by atoms with E-state index >= 15 is 0 Å². The summed E-state index contributed by atoms with van der Waals surface area (Å²) < 4.78 is 13.4. The zero-order valence-electron chi connectivity index (χ0n) is 8.86. The summed E-state index contributed by atoms with van der Waals surface area (Å²) in [6, 6.07) is 8.10. The molecular formula is C12H11ClFNOS. The van der Waals surface area contributed by atoms with Crippen molar-refractivity contribution in [1.29, 1.82) is 0 Å². The smallest absolute Gasteiger partial charge is 0.147 e. The maximum atomic E-state index is 13.4. The van der Waals surface area contributed by atoms with Crippen LogP contribution in [-0.2, 0) is 0 Å². The lowest BCUT2D eigenvalue weighted by Crippen LogP contribution is -2.11. The standard InChI is InChI=1S/C12H11ClFNOS/c13-8-3-4-10(9(14)6-8)15-7-11(16)12-2-1-5-17-12/h1-6,11,15-16H,7H2. The van der Waals surface area contributed by atoms with Gasteiger partial charge >= 0.3 is 0 Å². The van der Waals surface area contributed by atoms with Crippen LogP contribution in [0.4, 0.5) is 10.1 Å². The third-order valence-electron chi connectivity index (χ3n) is 2.29. The van der Waals surface area contributed by atoms with Gasteiger partial charge in [-0.3, -0.25) is 0 Å². The molecule has 17 heavy (non-hydrogen) atoms. The highest BCUT2D eigenvalue weighted by atomic mass is 35.5. The summed E-state index contributed by atoms with van der Waals surface area (Å²) in [6.07, 6.45) is -0.634. The first-order valence-corrected chi connectivity index (χ1v) is 6.33. The van der Waals surface area contributed by atoms with Crippen LogP contribution in [0.3, 0.4) is 0 Å². The number of nitrogens with one attached hydrogen (secondary N) is 1. The molecule has 0 spiro atoms. The molecule has 0 aliphatic rings. The molecule has 2 rings (SSSR count). The number of benzene rings is 1. The van der Waals surface area contributed by atoms with Gasteiger partial charge in [-0.25, -0.2) is 4.39 Å². The quantitative estimate of drug-likeness (QED) is 0.889. The van der Waals surface area contributed by atoms with Gasteiger partial charge in [0.05, 0.1) is 5.69 Å². The Labute approximate surface area is 108 Å². The van der Waals surface area contributed by atoms with Gasteiger partial charge in [0, 0.05) is 16.4 Å². The number of anilines is 1. The number of hydrogen-bond acceptors (Lipinski definition) is 3. The monoisotopic (exact) mass is 271 g/mol. The van der Waals surface area contributed by atoms with Gasteiger partial charge in [0.1, 0.15) is 11.9 Å². The molecule has 5 heteroatoms. The summed E-state index contributed by atoms with van der Waals surface area (Å²) in [5.74, 6) is -0.420. The molecule has 0 saturated heterocycles. The van der Waals surface area contributed by atoms with E-state index in [2.05, 4.69) is 5.32 Å². The van der Waals surface area contributed by atoms with E-state index in [0.717, 1.165) is 4.88 Å². The van der Waals surface area contributed by atoms with E-state index in [1.807, 2.05) is 17.5 Å². The van der Waals surface area contributed by atoms with E-state index < -0.39 is 11.9 Å². The Hall–Kier alpha value is -1.10. The van der Waals surface area contributed by atoms with Crippen LogP contribution in [0.25, 0.3) is 0 Å². The largest absolute Gasteiger partial charge is 0.386 e. The van der Waals surface area contributed by atoms with Gasteiger partial charge in [0.15, 0.2) is 0 Å². The lowest BCUT2D eigenvalue weighted by molar-refractivity contribution is 0.195. The van der Waals surface area contributed by atoms with Crippen molar-refractivity contribution in [2.24, 2.45) is 0 Å². The first-order chi connectivity index (χ1) is 8.16. The lowest BCUT2D eigenvalue weighted by atomic mass is 10.2. The first kappa shape index (κ1) is 12.4. The van der Waals surface area contributed by atoms with Gasteiger partial charge in [0.25, 0.3) is 0 Å². The lowest BCUT2D eigenvalue weighted by Gasteiger charge is -2.12. The molecular weight excluding hydrogens is 261 g/mol. The molecule has 2 nitrogen and oxygen atoms in total. The van der Waals surface area contributed by atoms with Crippen molar-refractivity contribution in [1.82, 2.24) is 0 Å². The van der Waals surface area contributed by atoms with Crippen LogP contribution >= 0.6 is 22.9 Å². The van der Waals surface area contributed by atoms with E-state index in [-0.39, 0.29) is 6.54 Å². The van der Waals surface area contributed by atoms with Crippen molar-refractivity contribution in [2.75, 3.05) is 11.9 Å². The van der Waals surface area contributed by atoms with Crippen LogP contribution in [0.2, 0.25) is 5.02 Å². The Kier molecular flexibility index (Phi) is 3.99. The van der Waals surface area contributed by atoms with Gasteiger partial charge in [-0.2, -0.15) is 0 Å². The molecule has 0 saturated carbocycles. The number of rotatable bonds is 4. The molecule has 0 fully saturated rings. The van der Waals surface area contributed by atoms with Crippen molar-refractivity contribution >= 4 is 28.6 Å². The minimum atomic E-state index is -0.634. The third-order valence-corrected chi connectivity index (χ3v) is 3.50. The molecule has 0 amide bonds.